The second kappa shape index (κ2) is 11.5. The molecule has 1 rings (SSSR count). The van der Waals surface area contributed by atoms with E-state index < -0.39 is 14.8 Å². The summed E-state index contributed by atoms with van der Waals surface area (Å²) < 4.78 is 27.2. The number of carbonyl (C=O) groups is 1. The van der Waals surface area contributed by atoms with Gasteiger partial charge in [0.1, 0.15) is 0 Å². The van der Waals surface area contributed by atoms with Gasteiger partial charge >= 0.3 is 0 Å². The zero-order valence-corrected chi connectivity index (χ0v) is 18.1. The van der Waals surface area contributed by atoms with Crippen molar-refractivity contribution in [1.29, 1.82) is 0 Å². The fourth-order valence-corrected chi connectivity index (χ4v) is 4.38. The van der Waals surface area contributed by atoms with E-state index in [1.807, 2.05) is 32.1 Å². The summed E-state index contributed by atoms with van der Waals surface area (Å²) in [5, 5.41) is 6.11. The van der Waals surface area contributed by atoms with E-state index in [-0.39, 0.29) is 6.04 Å². The molecule has 27 heavy (non-hydrogen) atoms. The Morgan fingerprint density at radius 3 is 2.41 bits per heavy atom. The number of carbonyl (C=O) groups excluding carboxylic acids is 1. The molecule has 0 aromatic heterocycles. The average Bonchev–Trinajstić information content (AvgIpc) is 2.64. The van der Waals surface area contributed by atoms with Crippen molar-refractivity contribution in [2.24, 2.45) is 5.92 Å². The predicted molar refractivity (Wildman–Crippen MR) is 112 cm³/mol. The van der Waals surface area contributed by atoms with Gasteiger partial charge in [0, 0.05) is 24.8 Å². The van der Waals surface area contributed by atoms with Crippen LogP contribution in [-0.2, 0) is 14.8 Å². The summed E-state index contributed by atoms with van der Waals surface area (Å²) in [6.07, 6.45) is 12.1. The third-order valence-electron chi connectivity index (χ3n) is 5.49. The number of hydrogen-bond donors (Lipinski definition) is 3. The van der Waals surface area contributed by atoms with Crippen LogP contribution in [0.5, 0.6) is 0 Å². The Labute approximate surface area is 165 Å². The van der Waals surface area contributed by atoms with Gasteiger partial charge in [-0.05, 0) is 71.3 Å². The fourth-order valence-electron chi connectivity index (χ4n) is 3.01. The van der Waals surface area contributed by atoms with Crippen molar-refractivity contribution < 1.29 is 13.2 Å². The van der Waals surface area contributed by atoms with E-state index in [1.54, 1.807) is 13.8 Å². The minimum absolute atomic E-state index is 0.0588. The van der Waals surface area contributed by atoms with Crippen molar-refractivity contribution in [3.63, 3.8) is 0 Å². The molecule has 0 saturated heterocycles. The lowest BCUT2D eigenvalue weighted by molar-refractivity contribution is -0.109. The monoisotopic (exact) mass is 399 g/mol. The molecule has 1 amide bonds. The summed E-state index contributed by atoms with van der Waals surface area (Å²) in [7, 11) is -3.28. The van der Waals surface area contributed by atoms with Gasteiger partial charge in [0.15, 0.2) is 0 Å². The van der Waals surface area contributed by atoms with Crippen LogP contribution in [0.15, 0.2) is 23.9 Å². The van der Waals surface area contributed by atoms with Crippen molar-refractivity contribution in [3.8, 4) is 0 Å². The molecule has 1 saturated carbocycles. The minimum Gasteiger partial charge on any atom is -0.385 e. The topological polar surface area (TPSA) is 87.3 Å². The molecule has 0 aliphatic heterocycles. The summed E-state index contributed by atoms with van der Waals surface area (Å²) in [4.78, 5) is 10.2. The summed E-state index contributed by atoms with van der Waals surface area (Å²) in [5.41, 5.74) is 1.08. The zero-order valence-electron chi connectivity index (χ0n) is 17.3. The summed E-state index contributed by atoms with van der Waals surface area (Å²) >= 11 is 0. The molecule has 0 aromatic carbocycles. The fraction of sp³-hybridized carbons (Fsp3) is 0.750. The highest BCUT2D eigenvalue weighted by atomic mass is 32.2. The van der Waals surface area contributed by atoms with E-state index in [2.05, 4.69) is 15.4 Å². The predicted octanol–water partition coefficient (Wildman–Crippen LogP) is 2.84. The van der Waals surface area contributed by atoms with Gasteiger partial charge in [-0.2, -0.15) is 0 Å². The quantitative estimate of drug-likeness (QED) is 0.267. The first-order valence-corrected chi connectivity index (χ1v) is 11.5. The molecule has 0 heterocycles. The van der Waals surface area contributed by atoms with Crippen molar-refractivity contribution in [2.75, 3.05) is 13.1 Å². The molecule has 156 valence electrons. The molecule has 0 atom stereocenters. The molecular weight excluding hydrogens is 362 g/mol. The van der Waals surface area contributed by atoms with E-state index >= 15 is 0 Å². The van der Waals surface area contributed by atoms with Crippen molar-refractivity contribution in [3.05, 3.63) is 23.9 Å². The number of rotatable bonds is 12. The van der Waals surface area contributed by atoms with Crippen LogP contribution < -0.4 is 15.4 Å². The van der Waals surface area contributed by atoms with Crippen LogP contribution in [-0.4, -0.2) is 38.7 Å². The zero-order chi connectivity index (χ0) is 20.3. The Hall–Kier alpha value is -1.34. The first-order valence-electron chi connectivity index (χ1n) is 10.0. The third-order valence-corrected chi connectivity index (χ3v) is 7.88. The van der Waals surface area contributed by atoms with Gasteiger partial charge in [0.25, 0.3) is 0 Å². The number of sulfonamides is 1. The van der Waals surface area contributed by atoms with E-state index in [0.717, 1.165) is 44.3 Å². The van der Waals surface area contributed by atoms with Gasteiger partial charge in [-0.3, -0.25) is 4.79 Å². The Bertz CT molecular complexity index is 604. The molecule has 7 heteroatoms. The Morgan fingerprint density at radius 2 is 1.85 bits per heavy atom. The average molecular weight is 400 g/mol. The maximum Gasteiger partial charge on any atom is 0.217 e. The number of allylic oxidation sites excluding steroid dienone is 2. The van der Waals surface area contributed by atoms with Crippen LogP contribution in [0, 0.1) is 5.92 Å². The first kappa shape index (κ1) is 23.7. The van der Waals surface area contributed by atoms with E-state index in [9.17, 15) is 13.2 Å². The molecule has 0 spiro atoms. The van der Waals surface area contributed by atoms with Crippen LogP contribution in [0.3, 0.4) is 0 Å². The van der Waals surface area contributed by atoms with Gasteiger partial charge in [-0.15, -0.1) is 0 Å². The van der Waals surface area contributed by atoms with Crippen molar-refractivity contribution in [2.45, 2.75) is 77.0 Å². The van der Waals surface area contributed by atoms with Crippen molar-refractivity contribution >= 4 is 16.4 Å². The SMILES string of the molecule is C/C=C(\C=C\CCNC=O)NCC1CCC(NS(=O)(=O)C(C)(C)CC)CC1. The van der Waals surface area contributed by atoms with Crippen LogP contribution >= 0.6 is 0 Å². The number of hydrogen-bond acceptors (Lipinski definition) is 4. The third kappa shape index (κ3) is 8.05. The van der Waals surface area contributed by atoms with Gasteiger partial charge in [-0.25, -0.2) is 13.1 Å². The summed E-state index contributed by atoms with van der Waals surface area (Å²) in [6.45, 7) is 9.02. The molecule has 0 aromatic rings. The van der Waals surface area contributed by atoms with E-state index in [0.29, 0.717) is 25.3 Å². The molecular formula is C20H37N3O3S. The Balaban J connectivity index is 2.37. The number of amides is 1. The smallest absolute Gasteiger partial charge is 0.217 e. The lowest BCUT2D eigenvalue weighted by atomic mass is 9.86. The molecule has 1 aliphatic rings. The molecule has 0 radical (unpaired) electrons. The van der Waals surface area contributed by atoms with Gasteiger partial charge in [-0.1, -0.05) is 19.1 Å². The number of nitrogens with one attached hydrogen (secondary N) is 3. The second-order valence-electron chi connectivity index (χ2n) is 7.84. The maximum absolute atomic E-state index is 12.5. The summed E-state index contributed by atoms with van der Waals surface area (Å²) in [5.74, 6) is 0.560. The Morgan fingerprint density at radius 1 is 1.19 bits per heavy atom. The van der Waals surface area contributed by atoms with E-state index in [1.165, 1.54) is 0 Å². The van der Waals surface area contributed by atoms with Crippen LogP contribution in [0.4, 0.5) is 0 Å². The molecule has 3 N–H and O–H groups in total. The lowest BCUT2D eigenvalue weighted by Crippen LogP contribution is -2.47. The molecule has 1 fully saturated rings. The Kier molecular flexibility index (Phi) is 10.1. The summed E-state index contributed by atoms with van der Waals surface area (Å²) in [6, 6.07) is 0.0588. The maximum atomic E-state index is 12.5. The van der Waals surface area contributed by atoms with Crippen LogP contribution in [0.2, 0.25) is 0 Å². The van der Waals surface area contributed by atoms with Gasteiger partial charge in [0.05, 0.1) is 4.75 Å². The largest absolute Gasteiger partial charge is 0.385 e. The first-order chi connectivity index (χ1) is 12.8. The van der Waals surface area contributed by atoms with Crippen LogP contribution in [0.1, 0.15) is 66.2 Å². The van der Waals surface area contributed by atoms with Gasteiger partial charge in [0.2, 0.25) is 16.4 Å². The molecule has 1 aliphatic carbocycles. The van der Waals surface area contributed by atoms with Crippen LogP contribution in [0.25, 0.3) is 0 Å². The highest BCUT2D eigenvalue weighted by Gasteiger charge is 2.35. The molecule has 0 unspecified atom stereocenters. The lowest BCUT2D eigenvalue weighted by Gasteiger charge is -2.32. The van der Waals surface area contributed by atoms with Crippen molar-refractivity contribution in [1.82, 2.24) is 15.4 Å². The normalized spacial score (nSPS) is 22.0. The minimum atomic E-state index is -3.28. The standard InChI is InChI=1S/C20H37N3O3S/c1-5-18(9-7-8-14-21-16-24)22-15-17-10-12-19(13-11-17)23-27(25,26)20(3,4)6-2/h5,7,9,16-17,19,22-23H,6,8,10-15H2,1-4H3,(H,21,24)/b9-7+,18-5+. The highest BCUT2D eigenvalue weighted by Crippen LogP contribution is 2.27. The van der Waals surface area contributed by atoms with E-state index in [4.69, 9.17) is 0 Å². The molecule has 0 bridgehead atoms. The second-order valence-corrected chi connectivity index (χ2v) is 10.2. The van der Waals surface area contributed by atoms with Gasteiger partial charge < -0.3 is 10.6 Å². The highest BCUT2D eigenvalue weighted by molar-refractivity contribution is 7.90. The molecule has 6 nitrogen and oxygen atoms in total.